The Balaban J connectivity index is 1.87. The van der Waals surface area contributed by atoms with Gasteiger partial charge in [-0.15, -0.1) is 5.10 Å². The molecular weight excluding hydrogens is 336 g/mol. The van der Waals surface area contributed by atoms with Crippen LogP contribution in [0.5, 0.6) is 0 Å². The molecule has 1 aromatic carbocycles. The van der Waals surface area contributed by atoms with Gasteiger partial charge in [0.05, 0.1) is 5.75 Å². The number of amides is 1. The third-order valence-electron chi connectivity index (χ3n) is 3.66. The number of benzene rings is 1. The Morgan fingerprint density at radius 2 is 1.88 bits per heavy atom. The van der Waals surface area contributed by atoms with Crippen molar-refractivity contribution in [3.63, 3.8) is 0 Å². The summed E-state index contributed by atoms with van der Waals surface area (Å²) in [7, 11) is 5.84. The summed E-state index contributed by atoms with van der Waals surface area (Å²) in [6.07, 6.45) is 0. The third kappa shape index (κ3) is 5.74. The summed E-state index contributed by atoms with van der Waals surface area (Å²) in [5.74, 6) is 0.831. The van der Waals surface area contributed by atoms with E-state index < -0.39 is 0 Å². The first kappa shape index (κ1) is 19.2. The fourth-order valence-electron chi connectivity index (χ4n) is 2.26. The lowest BCUT2D eigenvalue weighted by atomic mass is 10.2. The molecule has 0 aliphatic carbocycles. The summed E-state index contributed by atoms with van der Waals surface area (Å²) in [5.41, 5.74) is 2.25. The Morgan fingerprint density at radius 1 is 1.20 bits per heavy atom. The van der Waals surface area contributed by atoms with E-state index in [9.17, 15) is 4.79 Å². The topological polar surface area (TPSA) is 67.2 Å². The number of hydrogen-bond donors (Lipinski definition) is 0. The number of rotatable bonds is 8. The number of carbonyl (C=O) groups excluding carboxylic acids is 1. The fraction of sp³-hybridized carbons (Fsp3) is 0.529. The first-order valence-electron chi connectivity index (χ1n) is 8.26. The minimum atomic E-state index is 0.0563. The predicted octanol–water partition coefficient (Wildman–Crippen LogP) is 2.15. The first-order valence-corrected chi connectivity index (χ1v) is 9.24. The highest BCUT2D eigenvalue weighted by molar-refractivity contribution is 7.99. The predicted molar refractivity (Wildman–Crippen MR) is 101 cm³/mol. The fourth-order valence-corrected chi connectivity index (χ4v) is 3.09. The van der Waals surface area contributed by atoms with E-state index in [1.165, 1.54) is 11.8 Å². The molecule has 0 radical (unpaired) electrons. The van der Waals surface area contributed by atoms with Gasteiger partial charge in [0.15, 0.2) is 0 Å². The minimum Gasteiger partial charge on any atom is -0.378 e. The van der Waals surface area contributed by atoms with E-state index >= 15 is 0 Å². The van der Waals surface area contributed by atoms with Crippen LogP contribution >= 0.6 is 11.8 Å². The smallest absolute Gasteiger partial charge is 0.233 e. The molecule has 0 bridgehead atoms. The molecule has 7 nitrogen and oxygen atoms in total. The number of aromatic nitrogens is 4. The molecule has 25 heavy (non-hydrogen) atoms. The molecule has 0 saturated heterocycles. The second-order valence-electron chi connectivity index (χ2n) is 6.64. The van der Waals surface area contributed by atoms with Crippen LogP contribution in [0.3, 0.4) is 0 Å². The van der Waals surface area contributed by atoms with Gasteiger partial charge in [-0.3, -0.25) is 4.79 Å². The zero-order valence-corrected chi connectivity index (χ0v) is 16.3. The molecule has 1 heterocycles. The van der Waals surface area contributed by atoms with Gasteiger partial charge in [-0.1, -0.05) is 37.7 Å². The first-order chi connectivity index (χ1) is 11.9. The average molecular weight is 363 g/mol. The number of nitrogens with zero attached hydrogens (tertiary/aromatic N) is 6. The van der Waals surface area contributed by atoms with Crippen molar-refractivity contribution in [1.82, 2.24) is 25.1 Å². The highest BCUT2D eigenvalue weighted by atomic mass is 32.2. The van der Waals surface area contributed by atoms with Crippen molar-refractivity contribution in [1.29, 1.82) is 0 Å². The molecule has 0 atom stereocenters. The SMILES string of the molecule is CC(C)Cn1nnnc1SCC(=O)N(C)Cc1ccc(N(C)C)cc1. The van der Waals surface area contributed by atoms with Gasteiger partial charge in [0.2, 0.25) is 11.1 Å². The van der Waals surface area contributed by atoms with Crippen LogP contribution in [0, 0.1) is 5.92 Å². The number of hydrogen-bond acceptors (Lipinski definition) is 6. The van der Waals surface area contributed by atoms with Gasteiger partial charge in [-0.2, -0.15) is 0 Å². The van der Waals surface area contributed by atoms with Crippen LogP contribution in [0.2, 0.25) is 0 Å². The Hall–Kier alpha value is -2.09. The van der Waals surface area contributed by atoms with E-state index in [2.05, 4.69) is 58.5 Å². The average Bonchev–Trinajstić information content (AvgIpc) is 2.99. The van der Waals surface area contributed by atoms with Gasteiger partial charge in [0.25, 0.3) is 0 Å². The number of carbonyl (C=O) groups is 1. The number of anilines is 1. The van der Waals surface area contributed by atoms with Gasteiger partial charge in [-0.05, 0) is 34.0 Å². The summed E-state index contributed by atoms with van der Waals surface area (Å²) in [4.78, 5) is 16.2. The molecule has 8 heteroatoms. The van der Waals surface area contributed by atoms with Crippen LogP contribution in [-0.2, 0) is 17.9 Å². The summed E-state index contributed by atoms with van der Waals surface area (Å²) in [6, 6.07) is 8.22. The number of tetrazole rings is 1. The molecule has 2 rings (SSSR count). The van der Waals surface area contributed by atoms with Gasteiger partial charge in [0.1, 0.15) is 0 Å². The van der Waals surface area contributed by atoms with Gasteiger partial charge in [-0.25, -0.2) is 4.68 Å². The van der Waals surface area contributed by atoms with Gasteiger partial charge >= 0.3 is 0 Å². The van der Waals surface area contributed by atoms with E-state index in [0.29, 0.717) is 23.4 Å². The van der Waals surface area contributed by atoms with Crippen LogP contribution in [0.25, 0.3) is 0 Å². The second kappa shape index (κ2) is 8.84. The zero-order valence-electron chi connectivity index (χ0n) is 15.5. The summed E-state index contributed by atoms with van der Waals surface area (Å²) < 4.78 is 1.75. The maximum Gasteiger partial charge on any atom is 0.233 e. The molecule has 1 amide bonds. The Morgan fingerprint density at radius 3 is 2.48 bits per heavy atom. The van der Waals surface area contributed by atoms with Crippen LogP contribution < -0.4 is 4.90 Å². The molecule has 0 unspecified atom stereocenters. The van der Waals surface area contributed by atoms with Gasteiger partial charge < -0.3 is 9.80 Å². The summed E-state index contributed by atoms with van der Waals surface area (Å²) in [6.45, 7) is 5.55. The van der Waals surface area contributed by atoms with Gasteiger partial charge in [0, 0.05) is 39.9 Å². The van der Waals surface area contributed by atoms with Crippen LogP contribution in [-0.4, -0.2) is 57.9 Å². The quantitative estimate of drug-likeness (QED) is 0.670. The highest BCUT2D eigenvalue weighted by Crippen LogP contribution is 2.17. The normalized spacial score (nSPS) is 11.0. The van der Waals surface area contributed by atoms with Crippen molar-refractivity contribution in [2.75, 3.05) is 31.8 Å². The monoisotopic (exact) mass is 362 g/mol. The van der Waals surface area contributed by atoms with Crippen LogP contribution in [0.1, 0.15) is 19.4 Å². The second-order valence-corrected chi connectivity index (χ2v) is 7.58. The Kier molecular flexibility index (Phi) is 6.81. The molecule has 0 spiro atoms. The third-order valence-corrected chi connectivity index (χ3v) is 4.60. The molecule has 0 aliphatic heterocycles. The minimum absolute atomic E-state index is 0.0563. The largest absolute Gasteiger partial charge is 0.378 e. The molecule has 0 N–H and O–H groups in total. The molecule has 2 aromatic rings. The molecule has 0 fully saturated rings. The van der Waals surface area contributed by atoms with Crippen LogP contribution in [0.15, 0.2) is 29.4 Å². The van der Waals surface area contributed by atoms with Crippen molar-refractivity contribution in [2.24, 2.45) is 5.92 Å². The zero-order chi connectivity index (χ0) is 18.4. The highest BCUT2D eigenvalue weighted by Gasteiger charge is 2.14. The van der Waals surface area contributed by atoms with E-state index in [0.717, 1.165) is 17.8 Å². The molecule has 1 aromatic heterocycles. The van der Waals surface area contributed by atoms with E-state index in [1.807, 2.05) is 21.1 Å². The van der Waals surface area contributed by atoms with Crippen molar-refractivity contribution in [3.8, 4) is 0 Å². The van der Waals surface area contributed by atoms with E-state index in [1.54, 1.807) is 9.58 Å². The summed E-state index contributed by atoms with van der Waals surface area (Å²) >= 11 is 1.38. The lowest BCUT2D eigenvalue weighted by Gasteiger charge is -2.18. The van der Waals surface area contributed by atoms with Crippen LogP contribution in [0.4, 0.5) is 5.69 Å². The van der Waals surface area contributed by atoms with E-state index in [-0.39, 0.29) is 5.91 Å². The molecular formula is C17H26N6OS. The lowest BCUT2D eigenvalue weighted by Crippen LogP contribution is -2.28. The number of thioether (sulfide) groups is 1. The van der Waals surface area contributed by atoms with Crippen molar-refractivity contribution >= 4 is 23.4 Å². The molecule has 0 aliphatic rings. The maximum atomic E-state index is 12.4. The van der Waals surface area contributed by atoms with Crippen molar-refractivity contribution in [2.45, 2.75) is 32.1 Å². The standard InChI is InChI=1S/C17H26N6OS/c1-13(2)10-23-17(18-19-20-23)25-12-16(24)22(5)11-14-6-8-15(9-7-14)21(3)4/h6-9,13H,10-12H2,1-5H3. The van der Waals surface area contributed by atoms with Crippen molar-refractivity contribution in [3.05, 3.63) is 29.8 Å². The van der Waals surface area contributed by atoms with Crippen molar-refractivity contribution < 1.29 is 4.79 Å². The Labute approximate surface area is 153 Å². The Bertz CT molecular complexity index is 683. The molecule has 136 valence electrons. The summed E-state index contributed by atoms with van der Waals surface area (Å²) in [5, 5.41) is 12.4. The maximum absolute atomic E-state index is 12.4. The molecule has 0 saturated carbocycles. The lowest BCUT2D eigenvalue weighted by molar-refractivity contribution is -0.127. The van der Waals surface area contributed by atoms with E-state index in [4.69, 9.17) is 0 Å².